The quantitative estimate of drug-likeness (QED) is 0.839. The molecule has 1 aromatic rings. The number of amides is 1. The Balaban J connectivity index is 2.15. The molecule has 0 radical (unpaired) electrons. The summed E-state index contributed by atoms with van der Waals surface area (Å²) in [5.74, 6) is 0.821. The third-order valence-electron chi connectivity index (χ3n) is 3.30. The van der Waals surface area contributed by atoms with Crippen LogP contribution in [0.4, 0.5) is 4.79 Å². The van der Waals surface area contributed by atoms with Gasteiger partial charge in [-0.2, -0.15) is 0 Å². The van der Waals surface area contributed by atoms with Gasteiger partial charge in [-0.1, -0.05) is 12.1 Å². The van der Waals surface area contributed by atoms with Crippen LogP contribution in [0.25, 0.3) is 0 Å². The molecular weight excluding hydrogens is 242 g/mol. The van der Waals surface area contributed by atoms with E-state index in [1.54, 1.807) is 7.11 Å². The summed E-state index contributed by atoms with van der Waals surface area (Å²) in [5, 5.41) is 0. The second kappa shape index (κ2) is 5.95. The first kappa shape index (κ1) is 13.7. The molecule has 0 spiro atoms. The molecule has 104 valence electrons. The fourth-order valence-electron chi connectivity index (χ4n) is 2.45. The van der Waals surface area contributed by atoms with E-state index in [1.165, 1.54) is 0 Å². The molecule has 2 rings (SSSR count). The molecule has 4 nitrogen and oxygen atoms in total. The summed E-state index contributed by atoms with van der Waals surface area (Å²) in [6, 6.07) is 7.99. The number of carbonyl (C=O) groups is 1. The van der Waals surface area contributed by atoms with Crippen molar-refractivity contribution in [2.45, 2.75) is 38.8 Å². The van der Waals surface area contributed by atoms with Crippen LogP contribution in [0, 0.1) is 0 Å². The van der Waals surface area contributed by atoms with Gasteiger partial charge in [-0.15, -0.1) is 0 Å². The maximum Gasteiger partial charge on any atom is 0.410 e. The van der Waals surface area contributed by atoms with Crippen LogP contribution in [-0.4, -0.2) is 30.8 Å². The number of rotatable bonds is 3. The Hall–Kier alpha value is -1.71. The largest absolute Gasteiger partial charge is 0.497 e. The lowest BCUT2D eigenvalue weighted by atomic mass is 10.0. The van der Waals surface area contributed by atoms with E-state index in [0.717, 1.165) is 30.7 Å². The van der Waals surface area contributed by atoms with Crippen LogP contribution in [0.15, 0.2) is 24.3 Å². The van der Waals surface area contributed by atoms with Crippen molar-refractivity contribution in [2.24, 2.45) is 0 Å². The molecule has 0 unspecified atom stereocenters. The SMILES string of the molecule is COc1cccc([C@@H]2CCCN2C(=O)OC(C)C)c1. The molecule has 1 fully saturated rings. The molecule has 1 aliphatic heterocycles. The number of ether oxygens (including phenoxy) is 2. The maximum absolute atomic E-state index is 12.1. The van der Waals surface area contributed by atoms with Crippen LogP contribution in [0.2, 0.25) is 0 Å². The van der Waals surface area contributed by atoms with Gasteiger partial charge in [0.25, 0.3) is 0 Å². The van der Waals surface area contributed by atoms with Crippen molar-refractivity contribution < 1.29 is 14.3 Å². The molecule has 19 heavy (non-hydrogen) atoms. The van der Waals surface area contributed by atoms with Gasteiger partial charge in [0.05, 0.1) is 19.3 Å². The molecular formula is C15H21NO3. The predicted molar refractivity (Wildman–Crippen MR) is 73.3 cm³/mol. The molecule has 0 bridgehead atoms. The van der Waals surface area contributed by atoms with E-state index in [1.807, 2.05) is 43.0 Å². The van der Waals surface area contributed by atoms with Gasteiger partial charge < -0.3 is 14.4 Å². The average molecular weight is 263 g/mol. The number of nitrogens with zero attached hydrogens (tertiary/aromatic N) is 1. The van der Waals surface area contributed by atoms with Gasteiger partial charge in [-0.3, -0.25) is 0 Å². The highest BCUT2D eigenvalue weighted by atomic mass is 16.6. The van der Waals surface area contributed by atoms with Crippen LogP contribution in [0.1, 0.15) is 38.3 Å². The van der Waals surface area contributed by atoms with E-state index >= 15 is 0 Å². The minimum atomic E-state index is -0.222. The van der Waals surface area contributed by atoms with Crippen LogP contribution in [-0.2, 0) is 4.74 Å². The Morgan fingerprint density at radius 1 is 1.42 bits per heavy atom. The molecule has 0 aromatic heterocycles. The first-order valence-corrected chi connectivity index (χ1v) is 6.73. The summed E-state index contributed by atoms with van der Waals surface area (Å²) < 4.78 is 10.5. The van der Waals surface area contributed by atoms with Crippen molar-refractivity contribution in [3.8, 4) is 5.75 Å². The summed E-state index contributed by atoms with van der Waals surface area (Å²) in [6.45, 7) is 4.50. The lowest BCUT2D eigenvalue weighted by Gasteiger charge is -2.25. The minimum Gasteiger partial charge on any atom is -0.497 e. The van der Waals surface area contributed by atoms with Crippen molar-refractivity contribution in [1.82, 2.24) is 4.90 Å². The first-order valence-electron chi connectivity index (χ1n) is 6.73. The van der Waals surface area contributed by atoms with Gasteiger partial charge in [0.15, 0.2) is 0 Å². The first-order chi connectivity index (χ1) is 9.11. The molecule has 0 N–H and O–H groups in total. The Morgan fingerprint density at radius 2 is 2.21 bits per heavy atom. The highest BCUT2D eigenvalue weighted by Crippen LogP contribution is 2.33. The average Bonchev–Trinajstić information content (AvgIpc) is 2.87. The van der Waals surface area contributed by atoms with E-state index in [0.29, 0.717) is 0 Å². The van der Waals surface area contributed by atoms with E-state index in [-0.39, 0.29) is 18.2 Å². The van der Waals surface area contributed by atoms with E-state index in [9.17, 15) is 4.79 Å². The molecule has 1 saturated heterocycles. The highest BCUT2D eigenvalue weighted by Gasteiger charge is 2.31. The molecule has 1 heterocycles. The monoisotopic (exact) mass is 263 g/mol. The predicted octanol–water partition coefficient (Wildman–Crippen LogP) is 3.38. The Bertz CT molecular complexity index is 445. The summed E-state index contributed by atoms with van der Waals surface area (Å²) in [6.07, 6.45) is 1.68. The van der Waals surface area contributed by atoms with Gasteiger partial charge in [-0.05, 0) is 44.4 Å². The molecule has 1 atom stereocenters. The number of benzene rings is 1. The Morgan fingerprint density at radius 3 is 2.89 bits per heavy atom. The zero-order valence-electron chi connectivity index (χ0n) is 11.8. The minimum absolute atomic E-state index is 0.0842. The second-order valence-electron chi connectivity index (χ2n) is 5.06. The number of methoxy groups -OCH3 is 1. The second-order valence-corrected chi connectivity index (χ2v) is 5.06. The molecule has 0 aliphatic carbocycles. The summed E-state index contributed by atoms with van der Waals surface area (Å²) >= 11 is 0. The van der Waals surface area contributed by atoms with Crippen molar-refractivity contribution in [1.29, 1.82) is 0 Å². The van der Waals surface area contributed by atoms with Crippen LogP contribution >= 0.6 is 0 Å². The number of likely N-dealkylation sites (tertiary alicyclic amines) is 1. The van der Waals surface area contributed by atoms with Crippen LogP contribution < -0.4 is 4.74 Å². The fraction of sp³-hybridized carbons (Fsp3) is 0.533. The maximum atomic E-state index is 12.1. The molecule has 1 aliphatic rings. The van der Waals surface area contributed by atoms with Crippen molar-refractivity contribution in [2.75, 3.05) is 13.7 Å². The van der Waals surface area contributed by atoms with Crippen molar-refractivity contribution >= 4 is 6.09 Å². The number of hydrogen-bond donors (Lipinski definition) is 0. The van der Waals surface area contributed by atoms with Gasteiger partial charge in [0.1, 0.15) is 5.75 Å². The third-order valence-corrected chi connectivity index (χ3v) is 3.30. The zero-order valence-corrected chi connectivity index (χ0v) is 11.8. The fourth-order valence-corrected chi connectivity index (χ4v) is 2.45. The smallest absolute Gasteiger partial charge is 0.410 e. The summed E-state index contributed by atoms with van der Waals surface area (Å²) in [7, 11) is 1.65. The molecule has 0 saturated carbocycles. The lowest BCUT2D eigenvalue weighted by Crippen LogP contribution is -2.32. The number of hydrogen-bond acceptors (Lipinski definition) is 3. The van der Waals surface area contributed by atoms with Crippen LogP contribution in [0.5, 0.6) is 5.75 Å². The molecule has 1 aromatic carbocycles. The summed E-state index contributed by atoms with van der Waals surface area (Å²) in [5.41, 5.74) is 1.11. The van der Waals surface area contributed by atoms with E-state index in [4.69, 9.17) is 9.47 Å². The van der Waals surface area contributed by atoms with E-state index < -0.39 is 0 Å². The highest BCUT2D eigenvalue weighted by molar-refractivity contribution is 5.69. The van der Waals surface area contributed by atoms with Crippen LogP contribution in [0.3, 0.4) is 0 Å². The van der Waals surface area contributed by atoms with E-state index in [2.05, 4.69) is 0 Å². The van der Waals surface area contributed by atoms with Gasteiger partial charge >= 0.3 is 6.09 Å². The topological polar surface area (TPSA) is 38.8 Å². The summed E-state index contributed by atoms with van der Waals surface area (Å²) in [4.78, 5) is 13.9. The lowest BCUT2D eigenvalue weighted by molar-refractivity contribution is 0.0731. The number of carbonyl (C=O) groups excluding carboxylic acids is 1. The van der Waals surface area contributed by atoms with Crippen molar-refractivity contribution in [3.63, 3.8) is 0 Å². The zero-order chi connectivity index (χ0) is 13.8. The Labute approximate surface area is 114 Å². The molecule has 1 amide bonds. The van der Waals surface area contributed by atoms with Gasteiger partial charge in [0.2, 0.25) is 0 Å². The van der Waals surface area contributed by atoms with Gasteiger partial charge in [-0.25, -0.2) is 4.79 Å². The van der Waals surface area contributed by atoms with Gasteiger partial charge in [0, 0.05) is 6.54 Å². The normalized spacial score (nSPS) is 18.7. The van der Waals surface area contributed by atoms with Crippen molar-refractivity contribution in [3.05, 3.63) is 29.8 Å². The standard InChI is InChI=1S/C15H21NO3/c1-11(2)19-15(17)16-9-5-8-14(16)12-6-4-7-13(10-12)18-3/h4,6-7,10-11,14H,5,8-9H2,1-3H3/t14-/m0/s1. The third kappa shape index (κ3) is 3.19. The molecule has 4 heteroatoms. The Kier molecular flexibility index (Phi) is 4.30.